The Morgan fingerprint density at radius 1 is 0.792 bits per heavy atom. The fourth-order valence-corrected chi connectivity index (χ4v) is 2.88. The minimum absolute atomic E-state index is 0.0661. The number of aliphatic hydroxyl groups is 1. The molecule has 0 fully saturated rings. The summed E-state index contributed by atoms with van der Waals surface area (Å²) < 4.78 is 4.83. The topological polar surface area (TPSA) is 46.5 Å². The van der Waals surface area contributed by atoms with Gasteiger partial charge < -0.3 is 9.84 Å². The van der Waals surface area contributed by atoms with Crippen molar-refractivity contribution in [3.05, 3.63) is 12.2 Å². The molecule has 0 rings (SSSR count). The molecule has 0 spiro atoms. The fourth-order valence-electron chi connectivity index (χ4n) is 2.88. The average Bonchev–Trinajstić information content (AvgIpc) is 2.59. The highest BCUT2D eigenvalue weighted by atomic mass is 16.5. The summed E-state index contributed by atoms with van der Waals surface area (Å²) in [5.74, 6) is -0.362. The summed E-state index contributed by atoms with van der Waals surface area (Å²) in [4.78, 5) is 11.4. The minimum atomic E-state index is -0.362. The summed E-state index contributed by atoms with van der Waals surface area (Å²) in [5, 5.41) is 8.60. The quantitative estimate of drug-likeness (QED) is 0.190. The molecule has 0 aliphatic heterocycles. The van der Waals surface area contributed by atoms with Crippen molar-refractivity contribution in [2.45, 2.75) is 103 Å². The van der Waals surface area contributed by atoms with Crippen LogP contribution in [-0.2, 0) is 9.53 Å². The van der Waals surface area contributed by atoms with Gasteiger partial charge in [-0.05, 0) is 12.8 Å². The predicted molar refractivity (Wildman–Crippen MR) is 102 cm³/mol. The fraction of sp³-hybridized carbons (Fsp3) is 0.857. The van der Waals surface area contributed by atoms with Crippen LogP contribution in [-0.4, -0.2) is 24.3 Å². The monoisotopic (exact) mass is 340 g/mol. The summed E-state index contributed by atoms with van der Waals surface area (Å²) >= 11 is 0. The first-order valence-corrected chi connectivity index (χ1v) is 10.2. The van der Waals surface area contributed by atoms with Crippen molar-refractivity contribution in [2.24, 2.45) is 0 Å². The van der Waals surface area contributed by atoms with Gasteiger partial charge in [-0.3, -0.25) is 0 Å². The lowest BCUT2D eigenvalue weighted by Crippen LogP contribution is -2.10. The van der Waals surface area contributed by atoms with Gasteiger partial charge in [0.25, 0.3) is 0 Å². The molecule has 0 bridgehead atoms. The molecule has 0 saturated carbocycles. The number of esters is 1. The second kappa shape index (κ2) is 18.5. The van der Waals surface area contributed by atoms with Gasteiger partial charge >= 0.3 is 5.97 Å². The van der Waals surface area contributed by atoms with E-state index in [1.54, 1.807) is 0 Å². The number of carbonyl (C=O) groups is 1. The average molecular weight is 341 g/mol. The molecule has 3 heteroatoms. The third-order valence-corrected chi connectivity index (χ3v) is 4.45. The zero-order chi connectivity index (χ0) is 17.9. The molecule has 0 aromatic carbocycles. The first-order valence-electron chi connectivity index (χ1n) is 10.2. The first kappa shape index (κ1) is 23.2. The Hall–Kier alpha value is -0.830. The zero-order valence-electron chi connectivity index (χ0n) is 16.0. The van der Waals surface area contributed by atoms with Crippen LogP contribution in [0.5, 0.6) is 0 Å². The number of ether oxygens (including phenoxy) is 1. The van der Waals surface area contributed by atoms with Crippen molar-refractivity contribution in [3.63, 3.8) is 0 Å². The van der Waals surface area contributed by atoms with Gasteiger partial charge in [-0.15, -0.1) is 0 Å². The van der Waals surface area contributed by atoms with Crippen molar-refractivity contribution < 1.29 is 14.6 Å². The van der Waals surface area contributed by atoms with E-state index in [0.29, 0.717) is 12.0 Å². The van der Waals surface area contributed by atoms with Crippen LogP contribution in [0, 0.1) is 0 Å². The van der Waals surface area contributed by atoms with Crippen LogP contribution in [0.25, 0.3) is 0 Å². The minimum Gasteiger partial charge on any atom is -0.460 e. The summed E-state index contributed by atoms with van der Waals surface area (Å²) in [7, 11) is 0. The van der Waals surface area contributed by atoms with Gasteiger partial charge in [-0.25, -0.2) is 4.79 Å². The molecule has 142 valence electrons. The van der Waals surface area contributed by atoms with Gasteiger partial charge in [0.2, 0.25) is 0 Å². The van der Waals surface area contributed by atoms with Crippen LogP contribution in [0.3, 0.4) is 0 Å². The molecule has 0 saturated heterocycles. The smallest absolute Gasteiger partial charge is 0.333 e. The van der Waals surface area contributed by atoms with E-state index >= 15 is 0 Å². The molecular formula is C21H40O3. The summed E-state index contributed by atoms with van der Waals surface area (Å²) in [6.45, 7) is 5.96. The highest BCUT2D eigenvalue weighted by molar-refractivity contribution is 5.87. The van der Waals surface area contributed by atoms with Crippen LogP contribution in [0.4, 0.5) is 0 Å². The molecular weight excluding hydrogens is 300 g/mol. The standard InChI is InChI=1S/C21H40O3/c1-3-4-5-6-7-8-9-10-11-12-13-14-15-16-17-20(2)21(23)24-19-18-22/h22H,2-19H2,1H3. The van der Waals surface area contributed by atoms with Gasteiger partial charge in [-0.2, -0.15) is 0 Å². The number of hydrogen-bond donors (Lipinski definition) is 1. The van der Waals surface area contributed by atoms with Crippen LogP contribution in [0.1, 0.15) is 103 Å². The van der Waals surface area contributed by atoms with Crippen molar-refractivity contribution in [2.75, 3.05) is 13.2 Å². The third-order valence-electron chi connectivity index (χ3n) is 4.45. The molecule has 3 nitrogen and oxygen atoms in total. The van der Waals surface area contributed by atoms with Crippen LogP contribution in [0.2, 0.25) is 0 Å². The highest BCUT2D eigenvalue weighted by Gasteiger charge is 2.07. The van der Waals surface area contributed by atoms with E-state index in [2.05, 4.69) is 13.5 Å². The lowest BCUT2D eigenvalue weighted by atomic mass is 10.0. The van der Waals surface area contributed by atoms with Crippen molar-refractivity contribution in [1.82, 2.24) is 0 Å². The molecule has 24 heavy (non-hydrogen) atoms. The zero-order valence-corrected chi connectivity index (χ0v) is 16.0. The number of hydrogen-bond acceptors (Lipinski definition) is 3. The van der Waals surface area contributed by atoms with E-state index in [4.69, 9.17) is 9.84 Å². The van der Waals surface area contributed by atoms with Gasteiger partial charge in [0, 0.05) is 5.57 Å². The normalized spacial score (nSPS) is 10.8. The molecule has 0 radical (unpaired) electrons. The Bertz CT molecular complexity index is 299. The van der Waals surface area contributed by atoms with Crippen molar-refractivity contribution in [3.8, 4) is 0 Å². The Morgan fingerprint density at radius 2 is 1.21 bits per heavy atom. The SMILES string of the molecule is C=C(CCCCCCCCCCCCCCCC)C(=O)OCCO. The molecule has 0 aromatic rings. The van der Waals surface area contributed by atoms with Gasteiger partial charge in [0.05, 0.1) is 6.61 Å². The number of unbranched alkanes of at least 4 members (excludes halogenated alkanes) is 13. The van der Waals surface area contributed by atoms with E-state index in [1.165, 1.54) is 77.0 Å². The second-order valence-electron chi connectivity index (χ2n) is 6.81. The van der Waals surface area contributed by atoms with E-state index in [-0.39, 0.29) is 19.2 Å². The largest absolute Gasteiger partial charge is 0.460 e. The van der Waals surface area contributed by atoms with Gasteiger partial charge in [0.15, 0.2) is 0 Å². The number of carbonyl (C=O) groups excluding carboxylic acids is 1. The van der Waals surface area contributed by atoms with E-state index in [1.807, 2.05) is 0 Å². The van der Waals surface area contributed by atoms with Crippen molar-refractivity contribution in [1.29, 1.82) is 0 Å². The molecule has 1 N–H and O–H groups in total. The molecule has 0 unspecified atom stereocenters. The summed E-state index contributed by atoms with van der Waals surface area (Å²) in [6, 6.07) is 0. The number of rotatable bonds is 18. The Labute approximate surface area is 149 Å². The maximum Gasteiger partial charge on any atom is 0.333 e. The third kappa shape index (κ3) is 16.0. The maximum atomic E-state index is 11.4. The van der Waals surface area contributed by atoms with E-state index in [9.17, 15) is 4.79 Å². The molecule has 0 amide bonds. The predicted octanol–water partition coefficient (Wildman–Crippen LogP) is 5.95. The van der Waals surface area contributed by atoms with Crippen LogP contribution >= 0.6 is 0 Å². The van der Waals surface area contributed by atoms with Crippen LogP contribution < -0.4 is 0 Å². The number of aliphatic hydroxyl groups excluding tert-OH is 1. The molecule has 0 aliphatic carbocycles. The van der Waals surface area contributed by atoms with E-state index in [0.717, 1.165) is 12.8 Å². The van der Waals surface area contributed by atoms with Crippen molar-refractivity contribution >= 4 is 5.97 Å². The first-order chi connectivity index (χ1) is 11.7. The molecule has 0 aliphatic rings. The lowest BCUT2D eigenvalue weighted by Gasteiger charge is -2.06. The molecule has 0 atom stereocenters. The van der Waals surface area contributed by atoms with E-state index < -0.39 is 0 Å². The Balaban J connectivity index is 3.20. The van der Waals surface area contributed by atoms with Gasteiger partial charge in [0.1, 0.15) is 6.61 Å². The van der Waals surface area contributed by atoms with Crippen LogP contribution in [0.15, 0.2) is 12.2 Å². The van der Waals surface area contributed by atoms with Gasteiger partial charge in [-0.1, -0.05) is 97.0 Å². The highest BCUT2D eigenvalue weighted by Crippen LogP contribution is 2.14. The summed E-state index contributed by atoms with van der Waals surface area (Å²) in [5.41, 5.74) is 0.530. The second-order valence-corrected chi connectivity index (χ2v) is 6.81. The molecule has 0 aromatic heterocycles. The lowest BCUT2D eigenvalue weighted by molar-refractivity contribution is -0.140. The molecule has 0 heterocycles. The maximum absolute atomic E-state index is 11.4. The Kier molecular flexibility index (Phi) is 17.9. The Morgan fingerprint density at radius 3 is 1.62 bits per heavy atom. The summed E-state index contributed by atoms with van der Waals surface area (Å²) in [6.07, 6.45) is 19.3.